The molecule has 1 fully saturated rings. The first kappa shape index (κ1) is 83.4. The third-order valence-electron chi connectivity index (χ3n) is 13.8. The lowest BCUT2D eigenvalue weighted by Gasteiger charge is -2.19. The molecule has 0 aromatic rings. The van der Waals surface area contributed by atoms with Crippen LogP contribution in [-0.4, -0.2) is 190 Å². The van der Waals surface area contributed by atoms with Gasteiger partial charge in [0.05, 0.1) is 117 Å². The van der Waals surface area contributed by atoms with E-state index in [2.05, 4.69) is 45.3 Å². The smallest absolute Gasteiger partial charge is 0.104 e. The maximum absolute atomic E-state index is 10.3. The summed E-state index contributed by atoms with van der Waals surface area (Å²) in [6.07, 6.45) is 38.4. The highest BCUT2D eigenvalue weighted by Gasteiger charge is 2.21. The van der Waals surface area contributed by atoms with Crippen molar-refractivity contribution in [2.75, 3.05) is 125 Å². The van der Waals surface area contributed by atoms with E-state index in [-0.39, 0.29) is 36.4 Å². The van der Waals surface area contributed by atoms with E-state index < -0.39 is 12.2 Å². The highest BCUT2D eigenvalue weighted by Crippen LogP contribution is 2.15. The van der Waals surface area contributed by atoms with Gasteiger partial charge in [-0.3, -0.25) is 0 Å². The Labute approximate surface area is 506 Å². The largest absolute Gasteiger partial charge is 0.389 e. The van der Waals surface area contributed by atoms with Crippen LogP contribution >= 0.6 is 0 Å². The average molecular weight is 1180 g/mol. The van der Waals surface area contributed by atoms with Crippen molar-refractivity contribution in [2.24, 2.45) is 11.5 Å². The second-order valence-electron chi connectivity index (χ2n) is 23.8. The molecule has 16 nitrogen and oxygen atoms in total. The summed E-state index contributed by atoms with van der Waals surface area (Å²) in [5, 5.41) is 27.2. The lowest BCUT2D eigenvalue weighted by molar-refractivity contribution is -0.0349. The molecule has 1 heterocycles. The molecule has 0 radical (unpaired) electrons. The molecule has 1 saturated heterocycles. The van der Waals surface area contributed by atoms with Crippen molar-refractivity contribution in [3.63, 3.8) is 0 Å². The minimum absolute atomic E-state index is 0.0278. The molecular formula is C66H140N4O12. The van der Waals surface area contributed by atoms with Gasteiger partial charge in [-0.2, -0.15) is 0 Å². The van der Waals surface area contributed by atoms with Crippen molar-refractivity contribution in [1.82, 2.24) is 10.6 Å². The van der Waals surface area contributed by atoms with Crippen molar-refractivity contribution in [3.8, 4) is 0 Å². The Morgan fingerprint density at radius 2 is 0.683 bits per heavy atom. The predicted octanol–water partition coefficient (Wildman–Crippen LogP) is 12.0. The number of epoxide rings is 1. The summed E-state index contributed by atoms with van der Waals surface area (Å²) in [4.78, 5) is 0. The Balaban J connectivity index is 0. The average Bonchev–Trinajstić information content (AvgIpc) is 4.28. The van der Waals surface area contributed by atoms with Crippen LogP contribution in [0.2, 0.25) is 0 Å². The van der Waals surface area contributed by atoms with E-state index in [1.807, 2.05) is 27.7 Å². The highest BCUT2D eigenvalue weighted by molar-refractivity contribution is 4.68. The van der Waals surface area contributed by atoms with E-state index in [0.717, 1.165) is 52.3 Å². The van der Waals surface area contributed by atoms with E-state index in [1.165, 1.54) is 167 Å². The van der Waals surface area contributed by atoms with Crippen molar-refractivity contribution in [2.45, 2.75) is 303 Å². The lowest BCUT2D eigenvalue weighted by atomic mass is 10.0. The van der Waals surface area contributed by atoms with Crippen LogP contribution in [0.4, 0.5) is 0 Å². The first-order valence-electron chi connectivity index (χ1n) is 34.1. The van der Waals surface area contributed by atoms with Gasteiger partial charge in [0.25, 0.3) is 0 Å². The summed E-state index contributed by atoms with van der Waals surface area (Å²) in [6.45, 7) is 29.8. The Hall–Kier alpha value is -0.640. The standard InChI is InChI=1S/C49H102N2O7.C11H26N2O3.C6H12O2/c1-6-8-10-12-14-16-18-20-22-24-26-28-30-32-34-54-43-48(52)38-50-45(3)40-56-36-37-58-47(5)42-57-41-46(4)51-39-49(53)44-55-35-33-31-29-27-25-23-21-19-17-15-13-11-9-7-2;1-9(12)6-14-4-5-16-11(3)8-15-7-10(2)13;1-2-3-7-4-6-5-8-6/h45-53H,6-44H2,1-5H3;9-11H,4-8,12-13H2,1-3H3;6H,2-5H2,1H3. The number of hydrogen-bond donors (Lipinski definition) is 6. The molecule has 1 aliphatic heterocycles. The minimum Gasteiger partial charge on any atom is -0.389 e. The van der Waals surface area contributed by atoms with Crippen molar-refractivity contribution < 1.29 is 57.6 Å². The van der Waals surface area contributed by atoms with Crippen molar-refractivity contribution >= 4 is 0 Å². The summed E-state index contributed by atoms with van der Waals surface area (Å²) in [7, 11) is 0. The third-order valence-corrected chi connectivity index (χ3v) is 13.8. The van der Waals surface area contributed by atoms with Gasteiger partial charge in [-0.25, -0.2) is 0 Å². The maximum Gasteiger partial charge on any atom is 0.104 e. The quantitative estimate of drug-likeness (QED) is 0.0247. The van der Waals surface area contributed by atoms with Gasteiger partial charge in [-0.1, -0.05) is 188 Å². The van der Waals surface area contributed by atoms with Gasteiger partial charge in [-0.15, -0.1) is 0 Å². The van der Waals surface area contributed by atoms with Crippen LogP contribution in [0.25, 0.3) is 0 Å². The summed E-state index contributed by atoms with van der Waals surface area (Å²) in [5.74, 6) is 0. The Morgan fingerprint density at radius 1 is 0.366 bits per heavy atom. The number of aliphatic hydroxyl groups excluding tert-OH is 2. The number of rotatable bonds is 64. The molecule has 0 amide bonds. The molecule has 496 valence electrons. The second kappa shape index (κ2) is 67.9. The third kappa shape index (κ3) is 73.6. The minimum atomic E-state index is -0.512. The first-order valence-corrected chi connectivity index (χ1v) is 34.1. The van der Waals surface area contributed by atoms with E-state index in [4.69, 9.17) is 58.8 Å². The predicted molar refractivity (Wildman–Crippen MR) is 341 cm³/mol. The molecule has 0 aliphatic carbocycles. The number of aliphatic hydroxyl groups is 2. The molecule has 0 saturated carbocycles. The van der Waals surface area contributed by atoms with Crippen LogP contribution in [0.3, 0.4) is 0 Å². The molecule has 16 heteroatoms. The molecule has 82 heavy (non-hydrogen) atoms. The SMILES string of the molecule is CC(N)COCCOC(C)COCC(C)N.CCCCCCCCCCCCCCCCOCC(O)CNC(C)COCCOC(C)COCC(C)NCC(O)COCCCCCCCCCCCCCCCC.CCCOCC1CO1. The number of ether oxygens (including phenoxy) is 10. The van der Waals surface area contributed by atoms with Crippen LogP contribution < -0.4 is 22.1 Å². The number of unbranched alkanes of at least 4 members (excludes halogenated alkanes) is 26. The zero-order chi connectivity index (χ0) is 60.6. The fourth-order valence-corrected chi connectivity index (χ4v) is 8.74. The van der Waals surface area contributed by atoms with E-state index in [1.54, 1.807) is 0 Å². The van der Waals surface area contributed by atoms with Gasteiger partial charge in [0.15, 0.2) is 0 Å². The van der Waals surface area contributed by atoms with Gasteiger partial charge in [-0.05, 0) is 60.8 Å². The first-order chi connectivity index (χ1) is 39.8. The van der Waals surface area contributed by atoms with Gasteiger partial charge >= 0.3 is 0 Å². The fraction of sp³-hybridized carbons (Fsp3) is 1.00. The number of hydrogen-bond acceptors (Lipinski definition) is 16. The molecule has 8 N–H and O–H groups in total. The summed E-state index contributed by atoms with van der Waals surface area (Å²) >= 11 is 0. The Morgan fingerprint density at radius 3 is 1.04 bits per heavy atom. The van der Waals surface area contributed by atoms with Crippen LogP contribution in [0.5, 0.6) is 0 Å². The zero-order valence-corrected chi connectivity index (χ0v) is 55.3. The van der Waals surface area contributed by atoms with Gasteiger partial charge in [0.2, 0.25) is 0 Å². The molecule has 0 bridgehead atoms. The van der Waals surface area contributed by atoms with Crippen molar-refractivity contribution in [1.29, 1.82) is 0 Å². The summed E-state index contributed by atoms with van der Waals surface area (Å²) in [5.41, 5.74) is 11.1. The molecule has 1 rings (SSSR count). The van der Waals surface area contributed by atoms with Crippen LogP contribution in [0.1, 0.15) is 249 Å². The maximum atomic E-state index is 10.3. The number of nitrogens with two attached hydrogens (primary N) is 2. The van der Waals surface area contributed by atoms with E-state index >= 15 is 0 Å². The molecule has 0 aromatic carbocycles. The van der Waals surface area contributed by atoms with Gasteiger partial charge < -0.3 is 79.7 Å². The van der Waals surface area contributed by atoms with E-state index in [0.29, 0.717) is 98.5 Å². The lowest BCUT2D eigenvalue weighted by Crippen LogP contribution is -2.39. The molecule has 0 spiro atoms. The molecule has 9 atom stereocenters. The van der Waals surface area contributed by atoms with Crippen molar-refractivity contribution in [3.05, 3.63) is 0 Å². The Kier molecular flexibility index (Phi) is 69.0. The van der Waals surface area contributed by atoms with Crippen LogP contribution in [0.15, 0.2) is 0 Å². The summed E-state index contributed by atoms with van der Waals surface area (Å²) in [6, 6.07) is 0.409. The van der Waals surface area contributed by atoms with E-state index in [9.17, 15) is 10.2 Å². The molecular weight excluding hydrogens is 1040 g/mol. The normalized spacial score (nSPS) is 16.1. The number of nitrogens with one attached hydrogen (secondary N) is 2. The summed E-state index contributed by atoms with van der Waals surface area (Å²) < 4.78 is 55.1. The molecule has 0 aromatic heterocycles. The fourth-order valence-electron chi connectivity index (χ4n) is 8.74. The highest BCUT2D eigenvalue weighted by atomic mass is 16.6. The molecule has 1 aliphatic rings. The zero-order valence-electron chi connectivity index (χ0n) is 55.3. The second-order valence-corrected chi connectivity index (χ2v) is 23.8. The molecule has 9 unspecified atom stereocenters. The van der Waals surface area contributed by atoms with Gasteiger partial charge in [0, 0.05) is 57.1 Å². The Bertz CT molecular complexity index is 1180. The van der Waals surface area contributed by atoms with Crippen LogP contribution in [-0.2, 0) is 47.4 Å². The topological polar surface area (TPSA) is 212 Å². The van der Waals surface area contributed by atoms with Crippen LogP contribution in [0, 0.1) is 0 Å². The monoisotopic (exact) mass is 1180 g/mol. The van der Waals surface area contributed by atoms with Gasteiger partial charge in [0.1, 0.15) is 6.10 Å².